The molecular formula is C20H19N3O2. The Labute approximate surface area is 145 Å². The molecule has 1 aromatic carbocycles. The first-order valence-corrected chi connectivity index (χ1v) is 8.84. The summed E-state index contributed by atoms with van der Waals surface area (Å²) in [7, 11) is 0. The molecule has 2 heterocycles. The molecule has 2 fully saturated rings. The van der Waals surface area contributed by atoms with Crippen molar-refractivity contribution in [3.8, 4) is 11.3 Å². The summed E-state index contributed by atoms with van der Waals surface area (Å²) >= 11 is 0. The Hall–Kier alpha value is -2.69. The van der Waals surface area contributed by atoms with Gasteiger partial charge in [0.1, 0.15) is 0 Å². The van der Waals surface area contributed by atoms with Gasteiger partial charge in [-0.1, -0.05) is 35.5 Å². The SMILES string of the molecule is Cc1noc2nc(-c3ccccc3)cc(C(=O)NC3CCC4CC43)c12. The van der Waals surface area contributed by atoms with Crippen LogP contribution in [0, 0.1) is 18.8 Å². The van der Waals surface area contributed by atoms with Gasteiger partial charge in [-0.3, -0.25) is 4.79 Å². The Morgan fingerprint density at radius 3 is 2.80 bits per heavy atom. The number of amides is 1. The molecule has 0 bridgehead atoms. The van der Waals surface area contributed by atoms with Crippen molar-refractivity contribution >= 4 is 17.0 Å². The van der Waals surface area contributed by atoms with Crippen LogP contribution in [0.5, 0.6) is 0 Å². The predicted octanol–water partition coefficient (Wildman–Crippen LogP) is 3.73. The minimum absolute atomic E-state index is 0.0477. The molecule has 5 nitrogen and oxygen atoms in total. The molecule has 3 atom stereocenters. The van der Waals surface area contributed by atoms with Gasteiger partial charge in [0.15, 0.2) is 0 Å². The number of aryl methyl sites for hydroxylation is 1. The molecule has 2 saturated carbocycles. The summed E-state index contributed by atoms with van der Waals surface area (Å²) in [6, 6.07) is 12.0. The molecule has 5 rings (SSSR count). The van der Waals surface area contributed by atoms with Crippen LogP contribution in [0.1, 0.15) is 35.3 Å². The van der Waals surface area contributed by atoms with E-state index in [1.807, 2.05) is 43.3 Å². The zero-order valence-corrected chi connectivity index (χ0v) is 14.0. The Morgan fingerprint density at radius 2 is 2.08 bits per heavy atom. The number of nitrogens with one attached hydrogen (secondary N) is 1. The van der Waals surface area contributed by atoms with Crippen molar-refractivity contribution in [1.29, 1.82) is 0 Å². The van der Waals surface area contributed by atoms with Crippen LogP contribution in [0.25, 0.3) is 22.4 Å². The highest BCUT2D eigenvalue weighted by Gasteiger charge is 2.48. The van der Waals surface area contributed by atoms with Crippen molar-refractivity contribution in [1.82, 2.24) is 15.5 Å². The van der Waals surface area contributed by atoms with Crippen molar-refractivity contribution in [3.63, 3.8) is 0 Å². The normalized spacial score (nSPS) is 24.3. The molecule has 2 aliphatic rings. The number of nitrogens with zero attached hydrogens (tertiary/aromatic N) is 2. The maximum Gasteiger partial charge on any atom is 0.259 e. The number of pyridine rings is 1. The smallest absolute Gasteiger partial charge is 0.259 e. The van der Waals surface area contributed by atoms with E-state index in [-0.39, 0.29) is 5.91 Å². The summed E-state index contributed by atoms with van der Waals surface area (Å²) < 4.78 is 5.36. The van der Waals surface area contributed by atoms with Gasteiger partial charge in [-0.25, -0.2) is 4.98 Å². The van der Waals surface area contributed by atoms with Crippen molar-refractivity contribution in [3.05, 3.63) is 47.7 Å². The highest BCUT2D eigenvalue weighted by molar-refractivity contribution is 6.07. The van der Waals surface area contributed by atoms with Crippen LogP contribution >= 0.6 is 0 Å². The Balaban J connectivity index is 1.57. The molecule has 2 aromatic heterocycles. The van der Waals surface area contributed by atoms with E-state index in [1.54, 1.807) is 0 Å². The van der Waals surface area contributed by atoms with Gasteiger partial charge < -0.3 is 9.84 Å². The third kappa shape index (κ3) is 2.42. The van der Waals surface area contributed by atoms with Gasteiger partial charge >= 0.3 is 0 Å². The van der Waals surface area contributed by atoms with Crippen LogP contribution in [0.2, 0.25) is 0 Å². The predicted molar refractivity (Wildman–Crippen MR) is 94.1 cm³/mol. The molecule has 126 valence electrons. The average Bonchev–Trinajstić information content (AvgIpc) is 3.19. The average molecular weight is 333 g/mol. The third-order valence-corrected chi connectivity index (χ3v) is 5.59. The summed E-state index contributed by atoms with van der Waals surface area (Å²) in [4.78, 5) is 17.6. The minimum Gasteiger partial charge on any atom is -0.349 e. The summed E-state index contributed by atoms with van der Waals surface area (Å²) in [5.74, 6) is 1.46. The lowest BCUT2D eigenvalue weighted by molar-refractivity contribution is 0.0935. The second-order valence-corrected chi connectivity index (χ2v) is 7.19. The molecular weight excluding hydrogens is 314 g/mol. The van der Waals surface area contributed by atoms with Crippen LogP contribution < -0.4 is 5.32 Å². The van der Waals surface area contributed by atoms with Crippen LogP contribution in [-0.2, 0) is 0 Å². The summed E-state index contributed by atoms with van der Waals surface area (Å²) in [6.45, 7) is 1.85. The van der Waals surface area contributed by atoms with Crippen molar-refractivity contribution in [2.75, 3.05) is 0 Å². The topological polar surface area (TPSA) is 68.0 Å². The molecule has 0 spiro atoms. The molecule has 0 saturated heterocycles. The lowest BCUT2D eigenvalue weighted by Crippen LogP contribution is -2.35. The van der Waals surface area contributed by atoms with Crippen molar-refractivity contribution < 1.29 is 9.32 Å². The Morgan fingerprint density at radius 1 is 1.24 bits per heavy atom. The van der Waals surface area contributed by atoms with Gasteiger partial charge in [-0.15, -0.1) is 0 Å². The van der Waals surface area contributed by atoms with Crippen LogP contribution in [-0.4, -0.2) is 22.1 Å². The van der Waals surface area contributed by atoms with E-state index < -0.39 is 0 Å². The van der Waals surface area contributed by atoms with Crippen LogP contribution in [0.4, 0.5) is 0 Å². The number of carbonyl (C=O) groups excluding carboxylic acids is 1. The molecule has 5 heteroatoms. The van der Waals surface area contributed by atoms with E-state index in [2.05, 4.69) is 15.5 Å². The molecule has 1 amide bonds. The second kappa shape index (κ2) is 5.41. The fourth-order valence-corrected chi connectivity index (χ4v) is 4.16. The summed E-state index contributed by atoms with van der Waals surface area (Å²) in [5.41, 5.74) is 3.40. The quantitative estimate of drug-likeness (QED) is 0.793. The second-order valence-electron chi connectivity index (χ2n) is 7.19. The lowest BCUT2D eigenvalue weighted by Gasteiger charge is -2.15. The number of rotatable bonds is 3. The zero-order valence-electron chi connectivity index (χ0n) is 14.0. The van der Waals surface area contributed by atoms with E-state index in [0.29, 0.717) is 34.3 Å². The van der Waals surface area contributed by atoms with E-state index >= 15 is 0 Å². The largest absolute Gasteiger partial charge is 0.349 e. The fraction of sp³-hybridized carbons (Fsp3) is 0.350. The number of carbonyl (C=O) groups is 1. The highest BCUT2D eigenvalue weighted by Crippen LogP contribution is 2.51. The monoisotopic (exact) mass is 333 g/mol. The molecule has 1 N–H and O–H groups in total. The molecule has 2 aliphatic carbocycles. The van der Waals surface area contributed by atoms with Crippen molar-refractivity contribution in [2.45, 2.75) is 32.2 Å². The molecule has 25 heavy (non-hydrogen) atoms. The fourth-order valence-electron chi connectivity index (χ4n) is 4.16. The lowest BCUT2D eigenvalue weighted by atomic mass is 10.0. The molecule has 3 aromatic rings. The standard InChI is InChI=1S/C20H19N3O2/c1-11-18-15(19(24)21-16-8-7-13-9-14(13)16)10-17(22-20(18)25-23-11)12-5-3-2-4-6-12/h2-6,10,13-14,16H,7-9H2,1H3,(H,21,24). The van der Waals surface area contributed by atoms with Gasteiger partial charge in [0, 0.05) is 11.6 Å². The number of aromatic nitrogens is 2. The third-order valence-electron chi connectivity index (χ3n) is 5.59. The van der Waals surface area contributed by atoms with E-state index in [1.165, 1.54) is 12.8 Å². The number of benzene rings is 1. The number of hydrogen-bond donors (Lipinski definition) is 1. The maximum atomic E-state index is 13.0. The van der Waals surface area contributed by atoms with Gasteiger partial charge in [-0.2, -0.15) is 0 Å². The minimum atomic E-state index is -0.0477. The molecule has 3 unspecified atom stereocenters. The summed E-state index contributed by atoms with van der Waals surface area (Å²) in [6.07, 6.45) is 3.59. The zero-order chi connectivity index (χ0) is 17.0. The van der Waals surface area contributed by atoms with Gasteiger partial charge in [0.25, 0.3) is 11.6 Å². The van der Waals surface area contributed by atoms with Crippen molar-refractivity contribution in [2.24, 2.45) is 11.8 Å². The Bertz CT molecular complexity index is 964. The first-order valence-electron chi connectivity index (χ1n) is 8.84. The maximum absolute atomic E-state index is 13.0. The first-order chi connectivity index (χ1) is 12.2. The van der Waals surface area contributed by atoms with E-state index in [4.69, 9.17) is 4.52 Å². The van der Waals surface area contributed by atoms with E-state index in [0.717, 1.165) is 23.6 Å². The van der Waals surface area contributed by atoms with Gasteiger partial charge in [0.05, 0.1) is 22.3 Å². The van der Waals surface area contributed by atoms with Gasteiger partial charge in [0.2, 0.25) is 0 Å². The number of fused-ring (bicyclic) bond motifs is 2. The number of hydrogen-bond acceptors (Lipinski definition) is 4. The summed E-state index contributed by atoms with van der Waals surface area (Å²) in [5, 5.41) is 7.96. The Kier molecular flexibility index (Phi) is 3.17. The van der Waals surface area contributed by atoms with Gasteiger partial charge in [-0.05, 0) is 44.1 Å². The first kappa shape index (κ1) is 14.6. The van der Waals surface area contributed by atoms with Crippen LogP contribution in [0.15, 0.2) is 40.9 Å². The molecule has 0 aliphatic heterocycles. The molecule has 0 radical (unpaired) electrons. The van der Waals surface area contributed by atoms with E-state index in [9.17, 15) is 4.79 Å². The highest BCUT2D eigenvalue weighted by atomic mass is 16.5. The van der Waals surface area contributed by atoms with Crippen LogP contribution in [0.3, 0.4) is 0 Å².